The van der Waals surface area contributed by atoms with Crippen molar-refractivity contribution in [3.8, 4) is 0 Å². The van der Waals surface area contributed by atoms with Gasteiger partial charge in [-0.2, -0.15) is 0 Å². The van der Waals surface area contributed by atoms with E-state index in [1.807, 2.05) is 39.0 Å². The molecule has 3 rings (SSSR count). The summed E-state index contributed by atoms with van der Waals surface area (Å²) in [6.07, 6.45) is 3.42. The minimum atomic E-state index is -0.0985. The maximum atomic E-state index is 13.2. The summed E-state index contributed by atoms with van der Waals surface area (Å²) in [7, 11) is 0. The van der Waals surface area contributed by atoms with E-state index in [2.05, 4.69) is 33.9 Å². The summed E-state index contributed by atoms with van der Waals surface area (Å²) in [6, 6.07) is 6.61. The number of hydrogen-bond donors (Lipinski definition) is 1. The predicted molar refractivity (Wildman–Crippen MR) is 122 cm³/mol. The third-order valence-electron chi connectivity index (χ3n) is 6.87. The highest BCUT2D eigenvalue weighted by Gasteiger charge is 2.35. The van der Waals surface area contributed by atoms with Gasteiger partial charge in [0.05, 0.1) is 12.6 Å². The lowest BCUT2D eigenvalue weighted by Gasteiger charge is -2.44. The molecule has 0 bridgehead atoms. The number of para-hydroxylation sites is 1. The highest BCUT2D eigenvalue weighted by atomic mass is 16.2. The Morgan fingerprint density at radius 1 is 1.03 bits per heavy atom. The fourth-order valence-corrected chi connectivity index (χ4v) is 4.93. The summed E-state index contributed by atoms with van der Waals surface area (Å²) in [4.78, 5) is 32.3. The first kappa shape index (κ1) is 22.8. The second-order valence-corrected chi connectivity index (χ2v) is 9.18. The maximum absolute atomic E-state index is 13.2. The maximum Gasteiger partial charge on any atom is 0.240 e. The van der Waals surface area contributed by atoms with Gasteiger partial charge in [-0.1, -0.05) is 18.2 Å². The number of hydrogen-bond acceptors (Lipinski definition) is 4. The van der Waals surface area contributed by atoms with Gasteiger partial charge in [0, 0.05) is 44.0 Å². The summed E-state index contributed by atoms with van der Waals surface area (Å²) in [5.41, 5.74) is 3.09. The highest BCUT2D eigenvalue weighted by molar-refractivity contribution is 5.93. The van der Waals surface area contributed by atoms with Gasteiger partial charge < -0.3 is 10.2 Å². The molecule has 0 radical (unpaired) electrons. The Morgan fingerprint density at radius 2 is 1.60 bits per heavy atom. The molecule has 0 aliphatic carbocycles. The fourth-order valence-electron chi connectivity index (χ4n) is 4.93. The Morgan fingerprint density at radius 3 is 2.17 bits per heavy atom. The van der Waals surface area contributed by atoms with Crippen LogP contribution in [0.15, 0.2) is 18.2 Å². The van der Waals surface area contributed by atoms with E-state index in [4.69, 9.17) is 0 Å². The van der Waals surface area contributed by atoms with Gasteiger partial charge in [-0.3, -0.25) is 19.4 Å². The van der Waals surface area contributed by atoms with Crippen molar-refractivity contribution >= 4 is 17.5 Å². The van der Waals surface area contributed by atoms with Crippen molar-refractivity contribution in [2.45, 2.75) is 72.0 Å². The molecule has 2 amide bonds. The Hall–Kier alpha value is -1.92. The quantitative estimate of drug-likeness (QED) is 0.805. The zero-order valence-electron chi connectivity index (χ0n) is 19.3. The van der Waals surface area contributed by atoms with Crippen molar-refractivity contribution in [3.63, 3.8) is 0 Å². The van der Waals surface area contributed by atoms with E-state index in [1.54, 1.807) is 0 Å². The lowest BCUT2D eigenvalue weighted by atomic mass is 9.96. The standard InChI is InChI=1S/C24H38N4O2/c1-17-8-6-9-18(2)23(17)25-22(29)16-26-12-14-27(15-13-26)21(5)24(30)28-19(3)10-7-11-20(28)4/h6,8-9,19-21H,7,10-16H2,1-5H3,(H,25,29)/t19-,20-,21-/m0/s1. The molecule has 30 heavy (non-hydrogen) atoms. The van der Waals surface area contributed by atoms with Crippen LogP contribution in [-0.2, 0) is 9.59 Å². The van der Waals surface area contributed by atoms with E-state index in [-0.39, 0.29) is 17.9 Å². The van der Waals surface area contributed by atoms with Crippen LogP contribution in [0.5, 0.6) is 0 Å². The van der Waals surface area contributed by atoms with Crippen LogP contribution in [0.1, 0.15) is 51.2 Å². The Balaban J connectivity index is 1.49. The Bertz CT molecular complexity index is 727. The van der Waals surface area contributed by atoms with E-state index in [0.717, 1.165) is 55.8 Å². The number of nitrogens with one attached hydrogen (secondary N) is 1. The molecule has 1 N–H and O–H groups in total. The number of piperazine rings is 1. The number of piperidine rings is 1. The van der Waals surface area contributed by atoms with Crippen LogP contribution < -0.4 is 5.32 Å². The SMILES string of the molecule is Cc1cccc(C)c1NC(=O)CN1CCN([C@@H](C)C(=O)N2[C@@H](C)CCC[C@@H]2C)CC1. The molecule has 2 saturated heterocycles. The van der Waals surface area contributed by atoms with E-state index in [9.17, 15) is 9.59 Å². The van der Waals surface area contributed by atoms with E-state index < -0.39 is 0 Å². The molecule has 2 heterocycles. The second-order valence-electron chi connectivity index (χ2n) is 9.18. The second kappa shape index (κ2) is 9.92. The van der Waals surface area contributed by atoms with Gasteiger partial charge in [-0.15, -0.1) is 0 Å². The first-order valence-electron chi connectivity index (χ1n) is 11.4. The van der Waals surface area contributed by atoms with E-state index >= 15 is 0 Å². The minimum Gasteiger partial charge on any atom is -0.336 e. The topological polar surface area (TPSA) is 55.9 Å². The van der Waals surface area contributed by atoms with Crippen LogP contribution in [0, 0.1) is 13.8 Å². The fraction of sp³-hybridized carbons (Fsp3) is 0.667. The summed E-state index contributed by atoms with van der Waals surface area (Å²) in [5, 5.41) is 3.08. The Kier molecular flexibility index (Phi) is 7.53. The van der Waals surface area contributed by atoms with Crippen molar-refractivity contribution in [3.05, 3.63) is 29.3 Å². The van der Waals surface area contributed by atoms with E-state index in [0.29, 0.717) is 18.6 Å². The lowest BCUT2D eigenvalue weighted by Crippen LogP contribution is -2.58. The van der Waals surface area contributed by atoms with Crippen LogP contribution in [-0.4, -0.2) is 77.4 Å². The number of likely N-dealkylation sites (tertiary alicyclic amines) is 1. The van der Waals surface area contributed by atoms with Crippen LogP contribution in [0.4, 0.5) is 5.69 Å². The average molecular weight is 415 g/mol. The summed E-state index contributed by atoms with van der Waals surface area (Å²) in [6.45, 7) is 14.1. The number of anilines is 1. The number of nitrogens with zero attached hydrogens (tertiary/aromatic N) is 3. The smallest absolute Gasteiger partial charge is 0.240 e. The van der Waals surface area contributed by atoms with Gasteiger partial charge in [0.1, 0.15) is 0 Å². The zero-order chi connectivity index (χ0) is 21.8. The van der Waals surface area contributed by atoms with Gasteiger partial charge in [-0.05, 0) is 65.0 Å². The van der Waals surface area contributed by atoms with E-state index in [1.165, 1.54) is 6.42 Å². The molecule has 6 heteroatoms. The highest BCUT2D eigenvalue weighted by Crippen LogP contribution is 2.24. The van der Waals surface area contributed by atoms with Crippen LogP contribution >= 0.6 is 0 Å². The first-order chi connectivity index (χ1) is 14.3. The Labute approximate surface area is 181 Å². The van der Waals surface area contributed by atoms with Crippen molar-refractivity contribution in [1.29, 1.82) is 0 Å². The molecule has 166 valence electrons. The number of benzene rings is 1. The van der Waals surface area contributed by atoms with Crippen molar-refractivity contribution in [2.75, 3.05) is 38.0 Å². The summed E-state index contributed by atoms with van der Waals surface area (Å²) >= 11 is 0. The molecule has 2 aliphatic heterocycles. The van der Waals surface area contributed by atoms with Gasteiger partial charge in [0.2, 0.25) is 11.8 Å². The molecule has 6 nitrogen and oxygen atoms in total. The van der Waals surface area contributed by atoms with Crippen LogP contribution in [0.25, 0.3) is 0 Å². The van der Waals surface area contributed by atoms with Crippen molar-refractivity contribution < 1.29 is 9.59 Å². The monoisotopic (exact) mass is 414 g/mol. The molecule has 3 atom stereocenters. The summed E-state index contributed by atoms with van der Waals surface area (Å²) in [5.74, 6) is 0.289. The zero-order valence-corrected chi connectivity index (χ0v) is 19.3. The third kappa shape index (κ3) is 5.22. The number of aryl methyl sites for hydroxylation is 2. The normalized spacial score (nSPS) is 24.5. The molecule has 0 unspecified atom stereocenters. The molecule has 0 saturated carbocycles. The minimum absolute atomic E-state index is 0.0286. The first-order valence-corrected chi connectivity index (χ1v) is 11.4. The molecular weight excluding hydrogens is 376 g/mol. The number of carbonyl (C=O) groups excluding carboxylic acids is 2. The van der Waals surface area contributed by atoms with Crippen LogP contribution in [0.2, 0.25) is 0 Å². The molecule has 1 aromatic rings. The number of carbonyl (C=O) groups is 2. The van der Waals surface area contributed by atoms with Crippen molar-refractivity contribution in [2.24, 2.45) is 0 Å². The average Bonchev–Trinajstić information content (AvgIpc) is 2.70. The van der Waals surface area contributed by atoms with Gasteiger partial charge >= 0.3 is 0 Å². The van der Waals surface area contributed by atoms with Gasteiger partial charge in [-0.25, -0.2) is 0 Å². The molecule has 0 aromatic heterocycles. The molecule has 0 spiro atoms. The third-order valence-corrected chi connectivity index (χ3v) is 6.87. The molecule has 1 aromatic carbocycles. The lowest BCUT2D eigenvalue weighted by molar-refractivity contribution is -0.143. The van der Waals surface area contributed by atoms with Crippen LogP contribution in [0.3, 0.4) is 0 Å². The molecular formula is C24H38N4O2. The predicted octanol–water partition coefficient (Wildman–Crippen LogP) is 3.04. The van der Waals surface area contributed by atoms with Gasteiger partial charge in [0.25, 0.3) is 0 Å². The molecule has 2 fully saturated rings. The largest absolute Gasteiger partial charge is 0.336 e. The molecule has 2 aliphatic rings. The van der Waals surface area contributed by atoms with Crippen molar-refractivity contribution in [1.82, 2.24) is 14.7 Å². The number of rotatable bonds is 5. The number of amides is 2. The summed E-state index contributed by atoms with van der Waals surface area (Å²) < 4.78 is 0. The van der Waals surface area contributed by atoms with Gasteiger partial charge in [0.15, 0.2) is 0 Å².